The molecule has 1 saturated carbocycles. The molecular weight excluding hydrogens is 263 g/mol. The average Bonchev–Trinajstić information content (AvgIpc) is 2.35. The Labute approximate surface area is 119 Å². The van der Waals surface area contributed by atoms with Crippen molar-refractivity contribution in [1.29, 1.82) is 0 Å². The SMILES string of the molecule is CC1(C)CCC(C(=O)Cc2cccc(Cl)c2F)CC1. The third-order valence-electron chi connectivity index (χ3n) is 4.19. The topological polar surface area (TPSA) is 17.1 Å². The van der Waals surface area contributed by atoms with E-state index in [1.54, 1.807) is 12.1 Å². The van der Waals surface area contributed by atoms with Gasteiger partial charge in [0.25, 0.3) is 0 Å². The number of hydrogen-bond donors (Lipinski definition) is 0. The zero-order chi connectivity index (χ0) is 14.0. The summed E-state index contributed by atoms with van der Waals surface area (Å²) < 4.78 is 13.8. The average molecular weight is 283 g/mol. The van der Waals surface area contributed by atoms with Gasteiger partial charge in [0.1, 0.15) is 11.6 Å². The monoisotopic (exact) mass is 282 g/mol. The van der Waals surface area contributed by atoms with Crippen molar-refractivity contribution in [2.45, 2.75) is 46.0 Å². The van der Waals surface area contributed by atoms with Gasteiger partial charge < -0.3 is 0 Å². The van der Waals surface area contributed by atoms with Crippen LogP contribution in [-0.4, -0.2) is 5.78 Å². The molecule has 1 aromatic rings. The number of halogens is 2. The first-order valence-electron chi connectivity index (χ1n) is 6.85. The van der Waals surface area contributed by atoms with Gasteiger partial charge in [0.05, 0.1) is 5.02 Å². The molecular formula is C16H20ClFO. The number of hydrogen-bond acceptors (Lipinski definition) is 1. The van der Waals surface area contributed by atoms with E-state index in [1.807, 2.05) is 0 Å². The van der Waals surface area contributed by atoms with E-state index in [-0.39, 0.29) is 23.1 Å². The molecule has 0 unspecified atom stereocenters. The minimum Gasteiger partial charge on any atom is -0.299 e. The number of carbonyl (C=O) groups is 1. The van der Waals surface area contributed by atoms with E-state index in [0.29, 0.717) is 11.0 Å². The van der Waals surface area contributed by atoms with Crippen LogP contribution in [-0.2, 0) is 11.2 Å². The number of benzene rings is 1. The second kappa shape index (κ2) is 5.62. The summed E-state index contributed by atoms with van der Waals surface area (Å²) in [6, 6.07) is 4.85. The van der Waals surface area contributed by atoms with Crippen molar-refractivity contribution in [3.05, 3.63) is 34.6 Å². The number of ketones is 1. The summed E-state index contributed by atoms with van der Waals surface area (Å²) in [7, 11) is 0. The molecule has 0 amide bonds. The van der Waals surface area contributed by atoms with E-state index in [0.717, 1.165) is 25.7 Å². The summed E-state index contributed by atoms with van der Waals surface area (Å²) >= 11 is 5.73. The van der Waals surface area contributed by atoms with E-state index in [4.69, 9.17) is 11.6 Å². The third-order valence-corrected chi connectivity index (χ3v) is 4.48. The highest BCUT2D eigenvalue weighted by atomic mass is 35.5. The van der Waals surface area contributed by atoms with Crippen LogP contribution in [0.4, 0.5) is 4.39 Å². The predicted molar refractivity (Wildman–Crippen MR) is 75.9 cm³/mol. The highest BCUT2D eigenvalue weighted by Gasteiger charge is 2.30. The molecule has 1 aliphatic rings. The molecule has 1 aromatic carbocycles. The first kappa shape index (κ1) is 14.5. The molecule has 0 saturated heterocycles. The highest BCUT2D eigenvalue weighted by Crippen LogP contribution is 2.38. The predicted octanol–water partition coefficient (Wildman–Crippen LogP) is 4.81. The smallest absolute Gasteiger partial charge is 0.145 e. The lowest BCUT2D eigenvalue weighted by atomic mass is 9.71. The van der Waals surface area contributed by atoms with Gasteiger partial charge in [-0.25, -0.2) is 4.39 Å². The van der Waals surface area contributed by atoms with Crippen LogP contribution in [0.25, 0.3) is 0 Å². The molecule has 0 aromatic heterocycles. The number of carbonyl (C=O) groups excluding carboxylic acids is 1. The molecule has 1 nitrogen and oxygen atoms in total. The molecule has 0 bridgehead atoms. The maximum Gasteiger partial charge on any atom is 0.145 e. The number of Topliss-reactive ketones (excluding diaryl/α,β-unsaturated/α-hetero) is 1. The Morgan fingerprint density at radius 1 is 1.37 bits per heavy atom. The first-order chi connectivity index (χ1) is 8.89. The lowest BCUT2D eigenvalue weighted by Gasteiger charge is -2.33. The zero-order valence-corrected chi connectivity index (χ0v) is 12.3. The van der Waals surface area contributed by atoms with Crippen LogP contribution in [0.5, 0.6) is 0 Å². The minimum atomic E-state index is -0.450. The summed E-state index contributed by atoms with van der Waals surface area (Å²) in [5.41, 5.74) is 0.764. The molecule has 1 aliphatic carbocycles. The molecule has 0 atom stereocenters. The zero-order valence-electron chi connectivity index (χ0n) is 11.5. The van der Waals surface area contributed by atoms with Crippen molar-refractivity contribution in [2.24, 2.45) is 11.3 Å². The normalized spacial score (nSPS) is 19.4. The van der Waals surface area contributed by atoms with Gasteiger partial charge in [-0.2, -0.15) is 0 Å². The Bertz CT molecular complexity index is 472. The van der Waals surface area contributed by atoms with Crippen molar-refractivity contribution in [3.8, 4) is 0 Å². The second-order valence-corrected chi connectivity index (χ2v) is 6.70. The summed E-state index contributed by atoms with van der Waals surface area (Å²) in [6.45, 7) is 4.48. The van der Waals surface area contributed by atoms with Gasteiger partial charge in [-0.1, -0.05) is 37.6 Å². The molecule has 19 heavy (non-hydrogen) atoms. The van der Waals surface area contributed by atoms with E-state index >= 15 is 0 Å². The summed E-state index contributed by atoms with van der Waals surface area (Å²) in [4.78, 5) is 12.2. The van der Waals surface area contributed by atoms with Crippen LogP contribution in [0.3, 0.4) is 0 Å². The summed E-state index contributed by atoms with van der Waals surface area (Å²) in [6.07, 6.45) is 4.16. The fraction of sp³-hybridized carbons (Fsp3) is 0.562. The van der Waals surface area contributed by atoms with E-state index < -0.39 is 5.82 Å². The van der Waals surface area contributed by atoms with Crippen molar-refractivity contribution >= 4 is 17.4 Å². The standard InChI is InChI=1S/C16H20ClFO/c1-16(2)8-6-11(7-9-16)14(19)10-12-4-3-5-13(17)15(12)18/h3-5,11H,6-10H2,1-2H3. The van der Waals surface area contributed by atoms with Crippen molar-refractivity contribution in [1.82, 2.24) is 0 Å². The van der Waals surface area contributed by atoms with Crippen LogP contribution in [0.2, 0.25) is 5.02 Å². The Hall–Kier alpha value is -0.890. The van der Waals surface area contributed by atoms with Gasteiger partial charge in [-0.3, -0.25) is 4.79 Å². The van der Waals surface area contributed by atoms with Crippen LogP contribution in [0, 0.1) is 17.2 Å². The van der Waals surface area contributed by atoms with E-state index in [2.05, 4.69) is 13.8 Å². The molecule has 0 spiro atoms. The third kappa shape index (κ3) is 3.56. The lowest BCUT2D eigenvalue weighted by Crippen LogP contribution is -2.27. The second-order valence-electron chi connectivity index (χ2n) is 6.29. The Kier molecular flexibility index (Phi) is 4.29. The maximum absolute atomic E-state index is 13.8. The Morgan fingerprint density at radius 2 is 2.00 bits per heavy atom. The lowest BCUT2D eigenvalue weighted by molar-refractivity contribution is -0.123. The van der Waals surface area contributed by atoms with Crippen molar-refractivity contribution in [2.75, 3.05) is 0 Å². The molecule has 104 valence electrons. The Balaban J connectivity index is 2.00. The van der Waals surface area contributed by atoms with Crippen LogP contribution in [0.1, 0.15) is 45.1 Å². The van der Waals surface area contributed by atoms with Crippen molar-refractivity contribution in [3.63, 3.8) is 0 Å². The highest BCUT2D eigenvalue weighted by molar-refractivity contribution is 6.30. The molecule has 1 fully saturated rings. The van der Waals surface area contributed by atoms with E-state index in [9.17, 15) is 9.18 Å². The summed E-state index contributed by atoms with van der Waals surface area (Å²) in [5, 5.41) is 0.0927. The van der Waals surface area contributed by atoms with Gasteiger partial charge in [-0.15, -0.1) is 0 Å². The van der Waals surface area contributed by atoms with E-state index in [1.165, 1.54) is 6.07 Å². The fourth-order valence-electron chi connectivity index (χ4n) is 2.74. The molecule has 0 heterocycles. The van der Waals surface area contributed by atoms with Gasteiger partial charge in [0, 0.05) is 12.3 Å². The molecule has 3 heteroatoms. The first-order valence-corrected chi connectivity index (χ1v) is 7.22. The molecule has 0 aliphatic heterocycles. The van der Waals surface area contributed by atoms with Crippen LogP contribution < -0.4 is 0 Å². The van der Waals surface area contributed by atoms with Gasteiger partial charge >= 0.3 is 0 Å². The summed E-state index contributed by atoms with van der Waals surface area (Å²) in [5.74, 6) is -0.211. The fourth-order valence-corrected chi connectivity index (χ4v) is 2.93. The van der Waals surface area contributed by atoms with Crippen LogP contribution >= 0.6 is 11.6 Å². The largest absolute Gasteiger partial charge is 0.299 e. The quantitative estimate of drug-likeness (QED) is 0.778. The van der Waals surface area contributed by atoms with Gasteiger partial charge in [-0.05, 0) is 42.7 Å². The molecule has 0 radical (unpaired) electrons. The number of rotatable bonds is 3. The van der Waals surface area contributed by atoms with Crippen LogP contribution in [0.15, 0.2) is 18.2 Å². The molecule has 2 rings (SSSR count). The van der Waals surface area contributed by atoms with Gasteiger partial charge in [0.15, 0.2) is 0 Å². The minimum absolute atomic E-state index is 0.0893. The maximum atomic E-state index is 13.8. The Morgan fingerprint density at radius 3 is 2.63 bits per heavy atom. The molecule has 0 N–H and O–H groups in total. The van der Waals surface area contributed by atoms with Crippen molar-refractivity contribution < 1.29 is 9.18 Å². The van der Waals surface area contributed by atoms with Gasteiger partial charge in [0.2, 0.25) is 0 Å².